The first-order valence-electron chi connectivity index (χ1n) is 15.1. The molecule has 8 nitrogen and oxygen atoms in total. The monoisotopic (exact) mass is 645 g/mol. The lowest BCUT2D eigenvalue weighted by molar-refractivity contribution is -0.140. The van der Waals surface area contributed by atoms with Crippen LogP contribution in [0.1, 0.15) is 30.5 Å². The molecule has 4 rings (SSSR count). The van der Waals surface area contributed by atoms with Gasteiger partial charge in [0, 0.05) is 19.5 Å². The second kappa shape index (κ2) is 15.5. The summed E-state index contributed by atoms with van der Waals surface area (Å²) in [5.74, 6) is -0.778. The number of benzene rings is 4. The van der Waals surface area contributed by atoms with E-state index in [-0.39, 0.29) is 35.4 Å². The molecule has 0 aliphatic heterocycles. The van der Waals surface area contributed by atoms with Crippen LogP contribution >= 0.6 is 0 Å². The number of carbonyl (C=O) groups is 2. The molecule has 0 spiro atoms. The van der Waals surface area contributed by atoms with Crippen LogP contribution in [0.25, 0.3) is 0 Å². The Morgan fingerprint density at radius 1 is 0.870 bits per heavy atom. The van der Waals surface area contributed by atoms with Crippen molar-refractivity contribution in [3.63, 3.8) is 0 Å². The molecule has 0 saturated heterocycles. The normalized spacial score (nSPS) is 12.0. The van der Waals surface area contributed by atoms with Gasteiger partial charge in [0.2, 0.25) is 11.8 Å². The van der Waals surface area contributed by atoms with Gasteiger partial charge in [0.25, 0.3) is 10.0 Å². The van der Waals surface area contributed by atoms with Gasteiger partial charge in [0.1, 0.15) is 24.2 Å². The molecule has 0 heterocycles. The number of carbonyl (C=O) groups excluding carboxylic acids is 2. The first-order chi connectivity index (χ1) is 22.0. The lowest BCUT2D eigenvalue weighted by atomic mass is 10.0. The van der Waals surface area contributed by atoms with Crippen LogP contribution in [-0.4, -0.2) is 51.4 Å². The number of hydrogen-bond donors (Lipinski definition) is 1. The van der Waals surface area contributed by atoms with Gasteiger partial charge in [-0.25, -0.2) is 12.8 Å². The number of rotatable bonds is 14. The van der Waals surface area contributed by atoms with E-state index in [1.54, 1.807) is 30.3 Å². The predicted molar refractivity (Wildman–Crippen MR) is 177 cm³/mol. The maximum absolute atomic E-state index is 14.5. The van der Waals surface area contributed by atoms with Gasteiger partial charge in [-0.3, -0.25) is 13.9 Å². The summed E-state index contributed by atoms with van der Waals surface area (Å²) in [5.41, 5.74) is 2.50. The van der Waals surface area contributed by atoms with E-state index in [0.717, 1.165) is 27.6 Å². The lowest BCUT2D eigenvalue weighted by Crippen LogP contribution is -2.53. The van der Waals surface area contributed by atoms with Crippen molar-refractivity contribution < 1.29 is 27.1 Å². The van der Waals surface area contributed by atoms with E-state index in [1.165, 1.54) is 36.3 Å². The molecule has 0 aromatic heterocycles. The fourth-order valence-electron chi connectivity index (χ4n) is 4.92. The highest BCUT2D eigenvalue weighted by atomic mass is 32.2. The number of aryl methyl sites for hydroxylation is 1. The van der Waals surface area contributed by atoms with Crippen LogP contribution in [0.5, 0.6) is 5.75 Å². The van der Waals surface area contributed by atoms with Crippen LogP contribution < -0.4 is 14.4 Å². The minimum atomic E-state index is -4.28. The van der Waals surface area contributed by atoms with E-state index in [2.05, 4.69) is 5.32 Å². The number of amides is 2. The Balaban J connectivity index is 1.80. The smallest absolute Gasteiger partial charge is 0.264 e. The van der Waals surface area contributed by atoms with Crippen LogP contribution in [0.15, 0.2) is 108 Å². The fourth-order valence-corrected chi connectivity index (χ4v) is 6.33. The summed E-state index contributed by atoms with van der Waals surface area (Å²) in [5, 5.41) is 2.97. The van der Waals surface area contributed by atoms with Crippen LogP contribution in [0.4, 0.5) is 10.1 Å². The quantitative estimate of drug-likeness (QED) is 0.189. The fraction of sp³-hybridized carbons (Fsp3) is 0.278. The molecule has 10 heteroatoms. The molecule has 0 aliphatic rings. The molecule has 1 atom stereocenters. The van der Waals surface area contributed by atoms with Crippen LogP contribution in [0.2, 0.25) is 0 Å². The molecule has 0 fully saturated rings. The van der Waals surface area contributed by atoms with E-state index in [1.807, 2.05) is 57.2 Å². The van der Waals surface area contributed by atoms with Crippen molar-refractivity contribution in [2.24, 2.45) is 5.92 Å². The number of hydrogen-bond acceptors (Lipinski definition) is 5. The summed E-state index contributed by atoms with van der Waals surface area (Å²) >= 11 is 0. The van der Waals surface area contributed by atoms with Gasteiger partial charge in [-0.1, -0.05) is 74.0 Å². The Kier molecular flexibility index (Phi) is 11.5. The first-order valence-corrected chi connectivity index (χ1v) is 16.5. The van der Waals surface area contributed by atoms with E-state index < -0.39 is 34.3 Å². The largest absolute Gasteiger partial charge is 0.497 e. The van der Waals surface area contributed by atoms with E-state index in [9.17, 15) is 22.4 Å². The number of anilines is 1. The topological polar surface area (TPSA) is 96.0 Å². The molecule has 242 valence electrons. The van der Waals surface area contributed by atoms with Gasteiger partial charge in [-0.05, 0) is 72.5 Å². The minimum absolute atomic E-state index is 0.00443. The zero-order valence-corrected chi connectivity index (χ0v) is 27.3. The van der Waals surface area contributed by atoms with Crippen molar-refractivity contribution in [2.75, 3.05) is 24.5 Å². The van der Waals surface area contributed by atoms with Gasteiger partial charge in [-0.15, -0.1) is 0 Å². The number of nitrogens with zero attached hydrogens (tertiary/aromatic N) is 2. The van der Waals surface area contributed by atoms with Gasteiger partial charge in [-0.2, -0.15) is 0 Å². The highest BCUT2D eigenvalue weighted by Crippen LogP contribution is 2.26. The maximum atomic E-state index is 14.5. The average Bonchev–Trinajstić information content (AvgIpc) is 3.05. The highest BCUT2D eigenvalue weighted by molar-refractivity contribution is 7.92. The molecule has 0 radical (unpaired) electrons. The zero-order valence-electron chi connectivity index (χ0n) is 26.5. The molecular weight excluding hydrogens is 605 g/mol. The second-order valence-corrected chi connectivity index (χ2v) is 13.4. The van der Waals surface area contributed by atoms with Crippen molar-refractivity contribution in [3.8, 4) is 5.75 Å². The lowest BCUT2D eigenvalue weighted by Gasteiger charge is -2.34. The molecule has 1 unspecified atom stereocenters. The molecule has 2 amide bonds. The van der Waals surface area contributed by atoms with Gasteiger partial charge >= 0.3 is 0 Å². The molecule has 46 heavy (non-hydrogen) atoms. The Labute approximate surface area is 270 Å². The summed E-state index contributed by atoms with van der Waals surface area (Å²) in [6.07, 6.45) is 0.196. The summed E-state index contributed by atoms with van der Waals surface area (Å²) in [7, 11) is -2.74. The van der Waals surface area contributed by atoms with Crippen molar-refractivity contribution >= 4 is 27.5 Å². The number of ether oxygens (including phenoxy) is 1. The Morgan fingerprint density at radius 3 is 2.15 bits per heavy atom. The molecule has 4 aromatic carbocycles. The third-order valence-electron chi connectivity index (χ3n) is 7.45. The van der Waals surface area contributed by atoms with E-state index in [4.69, 9.17) is 4.74 Å². The van der Waals surface area contributed by atoms with Crippen LogP contribution in [0, 0.1) is 18.7 Å². The summed E-state index contributed by atoms with van der Waals surface area (Å²) in [6, 6.07) is 26.7. The standard InChI is InChI=1S/C36H40FN3O5S/c1-26(2)23-38-36(42)34(22-28-9-6-5-7-10-28)39(24-29-11-8-12-32(21-29)45-4)35(41)25-40(31-17-15-30(37)16-18-31)46(43,44)33-19-13-27(3)14-20-33/h5-21,26,34H,22-25H2,1-4H3,(H,38,42). The molecule has 1 N–H and O–H groups in total. The summed E-state index contributed by atoms with van der Waals surface area (Å²) in [4.78, 5) is 29.7. The highest BCUT2D eigenvalue weighted by Gasteiger charge is 2.34. The van der Waals surface area contributed by atoms with Gasteiger partial charge < -0.3 is 15.0 Å². The Morgan fingerprint density at radius 2 is 1.52 bits per heavy atom. The van der Waals surface area contributed by atoms with Gasteiger partial charge in [0.15, 0.2) is 0 Å². The van der Waals surface area contributed by atoms with Crippen molar-refractivity contribution in [2.45, 2.75) is 44.7 Å². The Bertz CT molecular complexity index is 1710. The van der Waals surface area contributed by atoms with Crippen molar-refractivity contribution in [1.82, 2.24) is 10.2 Å². The summed E-state index contributed by atoms with van der Waals surface area (Å²) in [6.45, 7) is 5.56. The Hall–Kier alpha value is -4.70. The average molecular weight is 646 g/mol. The third kappa shape index (κ3) is 8.94. The number of nitrogens with one attached hydrogen (secondary N) is 1. The van der Waals surface area contributed by atoms with Crippen molar-refractivity contribution in [1.29, 1.82) is 0 Å². The first kappa shape index (κ1) is 34.2. The second-order valence-electron chi connectivity index (χ2n) is 11.5. The molecule has 0 bridgehead atoms. The molecular formula is C36H40FN3O5S. The third-order valence-corrected chi connectivity index (χ3v) is 9.23. The molecule has 4 aromatic rings. The van der Waals surface area contributed by atoms with Crippen LogP contribution in [0.3, 0.4) is 0 Å². The number of methoxy groups -OCH3 is 1. The van der Waals surface area contributed by atoms with E-state index >= 15 is 0 Å². The predicted octanol–water partition coefficient (Wildman–Crippen LogP) is 5.75. The van der Waals surface area contributed by atoms with Gasteiger partial charge in [0.05, 0.1) is 17.7 Å². The number of sulfonamides is 1. The van der Waals surface area contributed by atoms with E-state index in [0.29, 0.717) is 17.9 Å². The maximum Gasteiger partial charge on any atom is 0.264 e. The molecule has 0 saturated carbocycles. The van der Waals surface area contributed by atoms with Crippen molar-refractivity contribution in [3.05, 3.63) is 126 Å². The van der Waals surface area contributed by atoms with Crippen LogP contribution in [-0.2, 0) is 32.6 Å². The minimum Gasteiger partial charge on any atom is -0.497 e. The molecule has 0 aliphatic carbocycles. The number of halogens is 1. The zero-order chi connectivity index (χ0) is 33.3. The summed E-state index contributed by atoms with van der Waals surface area (Å²) < 4.78 is 48.4. The SMILES string of the molecule is COc1cccc(CN(C(=O)CN(c2ccc(F)cc2)S(=O)(=O)c2ccc(C)cc2)C(Cc2ccccc2)C(=O)NCC(C)C)c1.